The van der Waals surface area contributed by atoms with Crippen molar-refractivity contribution in [2.45, 2.75) is 24.9 Å². The first-order valence-corrected chi connectivity index (χ1v) is 11.0. The van der Waals surface area contributed by atoms with Crippen molar-refractivity contribution in [1.82, 2.24) is 20.0 Å². The number of carbonyl (C=O) groups excluding carboxylic acids is 2. The van der Waals surface area contributed by atoms with E-state index in [4.69, 9.17) is 4.74 Å². The predicted octanol–water partition coefficient (Wildman–Crippen LogP) is 2.72. The zero-order valence-electron chi connectivity index (χ0n) is 18.8. The fourth-order valence-corrected chi connectivity index (χ4v) is 4.22. The smallest absolute Gasteiger partial charge is 0.407 e. The van der Waals surface area contributed by atoms with E-state index in [9.17, 15) is 19.5 Å². The number of carboxylic acid groups (broad SMARTS) is 1. The molecule has 0 fully saturated rings. The lowest BCUT2D eigenvalue weighted by Crippen LogP contribution is -2.49. The van der Waals surface area contributed by atoms with E-state index in [0.29, 0.717) is 13.1 Å². The second kappa shape index (κ2) is 10.2. The number of aromatic nitrogens is 2. The Kier molecular flexibility index (Phi) is 6.91. The minimum atomic E-state index is -1.24. The highest BCUT2D eigenvalue weighted by Gasteiger charge is 2.31. The molecular formula is C25H26N4O5. The van der Waals surface area contributed by atoms with E-state index in [1.54, 1.807) is 30.2 Å². The van der Waals surface area contributed by atoms with E-state index in [-0.39, 0.29) is 12.5 Å². The van der Waals surface area contributed by atoms with Crippen LogP contribution >= 0.6 is 0 Å². The van der Waals surface area contributed by atoms with Crippen LogP contribution in [0.1, 0.15) is 23.5 Å². The number of carboxylic acids is 1. The topological polar surface area (TPSA) is 114 Å². The van der Waals surface area contributed by atoms with Gasteiger partial charge in [-0.3, -0.25) is 14.3 Å². The Labute approximate surface area is 196 Å². The fourth-order valence-electron chi connectivity index (χ4n) is 4.22. The van der Waals surface area contributed by atoms with E-state index in [2.05, 4.69) is 10.4 Å². The highest BCUT2D eigenvalue weighted by molar-refractivity contribution is 5.89. The third-order valence-electron chi connectivity index (χ3n) is 5.91. The van der Waals surface area contributed by atoms with Crippen LogP contribution in [0.2, 0.25) is 0 Å². The summed E-state index contributed by atoms with van der Waals surface area (Å²) in [7, 11) is 1.56. The summed E-state index contributed by atoms with van der Waals surface area (Å²) in [6.07, 6.45) is 2.02. The summed E-state index contributed by atoms with van der Waals surface area (Å²) in [4.78, 5) is 38.1. The molecule has 9 nitrogen and oxygen atoms in total. The van der Waals surface area contributed by atoms with Crippen molar-refractivity contribution in [3.05, 3.63) is 78.1 Å². The summed E-state index contributed by atoms with van der Waals surface area (Å²) in [5, 5.41) is 15.8. The molecule has 2 aromatic carbocycles. The van der Waals surface area contributed by atoms with E-state index in [0.717, 1.165) is 22.3 Å². The van der Waals surface area contributed by atoms with E-state index < -0.39 is 30.4 Å². The van der Waals surface area contributed by atoms with Crippen LogP contribution in [-0.2, 0) is 20.9 Å². The summed E-state index contributed by atoms with van der Waals surface area (Å²) in [6.45, 7) is 0.825. The minimum Gasteiger partial charge on any atom is -0.481 e. The van der Waals surface area contributed by atoms with Gasteiger partial charge in [0, 0.05) is 31.9 Å². The van der Waals surface area contributed by atoms with Crippen LogP contribution in [0.25, 0.3) is 11.1 Å². The number of likely N-dealkylation sites (N-methyl/N-ethyl adjacent to an activating group) is 1. The Morgan fingerprint density at radius 1 is 1.09 bits per heavy atom. The maximum atomic E-state index is 12.8. The average Bonchev–Trinajstić information content (AvgIpc) is 3.46. The summed E-state index contributed by atoms with van der Waals surface area (Å²) in [6, 6.07) is 16.4. The first-order chi connectivity index (χ1) is 16.4. The van der Waals surface area contributed by atoms with Crippen molar-refractivity contribution in [3.8, 4) is 11.1 Å². The van der Waals surface area contributed by atoms with Gasteiger partial charge in [-0.15, -0.1) is 0 Å². The van der Waals surface area contributed by atoms with Crippen LogP contribution in [0.15, 0.2) is 67.0 Å². The number of alkyl carbamates (subject to hydrolysis) is 1. The third kappa shape index (κ3) is 5.09. The van der Waals surface area contributed by atoms with Crippen molar-refractivity contribution in [2.24, 2.45) is 0 Å². The molecule has 1 unspecified atom stereocenters. The second-order valence-electron chi connectivity index (χ2n) is 8.15. The van der Waals surface area contributed by atoms with Gasteiger partial charge in [0.2, 0.25) is 5.91 Å². The second-order valence-corrected chi connectivity index (χ2v) is 8.15. The molecule has 0 saturated carbocycles. The van der Waals surface area contributed by atoms with Gasteiger partial charge in [-0.05, 0) is 28.3 Å². The first-order valence-electron chi connectivity index (χ1n) is 11.0. The zero-order valence-corrected chi connectivity index (χ0v) is 18.8. The number of nitrogens with one attached hydrogen (secondary N) is 1. The Balaban J connectivity index is 1.38. The van der Waals surface area contributed by atoms with Crippen LogP contribution in [0.5, 0.6) is 0 Å². The normalized spacial score (nSPS) is 13.0. The fraction of sp³-hybridized carbons (Fsp3) is 0.280. The number of amides is 2. The number of aliphatic carboxylic acids is 1. The monoisotopic (exact) mass is 462 g/mol. The molecule has 176 valence electrons. The molecule has 0 radical (unpaired) electrons. The van der Waals surface area contributed by atoms with Crippen LogP contribution in [0, 0.1) is 0 Å². The lowest BCUT2D eigenvalue weighted by atomic mass is 9.98. The summed E-state index contributed by atoms with van der Waals surface area (Å²) in [5.41, 5.74) is 4.33. The molecule has 2 N–H and O–H groups in total. The molecule has 1 heterocycles. The van der Waals surface area contributed by atoms with Gasteiger partial charge in [-0.25, -0.2) is 4.79 Å². The van der Waals surface area contributed by atoms with Crippen molar-refractivity contribution < 1.29 is 24.2 Å². The van der Waals surface area contributed by atoms with Gasteiger partial charge in [0.15, 0.2) is 0 Å². The van der Waals surface area contributed by atoms with Crippen LogP contribution in [0.3, 0.4) is 0 Å². The van der Waals surface area contributed by atoms with E-state index in [1.807, 2.05) is 48.5 Å². The Morgan fingerprint density at radius 3 is 2.32 bits per heavy atom. The summed E-state index contributed by atoms with van der Waals surface area (Å²) in [5.74, 6) is -1.84. The Hall–Kier alpha value is -4.14. The maximum absolute atomic E-state index is 12.8. The van der Waals surface area contributed by atoms with Crippen LogP contribution in [0.4, 0.5) is 4.79 Å². The standard InChI is InChI=1S/C25H26N4O5/c1-28(13-14-29-12-6-11-26-29)24(32)22(15-23(30)31)27-25(33)34-16-21-19-9-4-2-7-17(19)18-8-3-5-10-20(18)21/h2-12,21-22H,13-16H2,1H3,(H,27,33)(H,30,31). The third-order valence-corrected chi connectivity index (χ3v) is 5.91. The van der Waals surface area contributed by atoms with Crippen LogP contribution < -0.4 is 5.32 Å². The lowest BCUT2D eigenvalue weighted by molar-refractivity contribution is -0.142. The molecular weight excluding hydrogens is 436 g/mol. The molecule has 34 heavy (non-hydrogen) atoms. The van der Waals surface area contributed by atoms with Crippen LogP contribution in [-0.4, -0.2) is 64.0 Å². The van der Waals surface area contributed by atoms with Gasteiger partial charge in [0.25, 0.3) is 0 Å². The molecule has 9 heteroatoms. The predicted molar refractivity (Wildman–Crippen MR) is 124 cm³/mol. The van der Waals surface area contributed by atoms with E-state index in [1.165, 1.54) is 4.90 Å². The van der Waals surface area contributed by atoms with Gasteiger partial charge >= 0.3 is 12.1 Å². The number of hydrogen-bond acceptors (Lipinski definition) is 5. The number of fused-ring (bicyclic) bond motifs is 3. The average molecular weight is 463 g/mol. The maximum Gasteiger partial charge on any atom is 0.407 e. The van der Waals surface area contributed by atoms with Crippen molar-refractivity contribution in [3.63, 3.8) is 0 Å². The zero-order chi connectivity index (χ0) is 24.1. The SMILES string of the molecule is CN(CCn1cccn1)C(=O)C(CC(=O)O)NC(=O)OCC1c2ccccc2-c2ccccc21. The number of ether oxygens (including phenoxy) is 1. The molecule has 1 atom stereocenters. The highest BCUT2D eigenvalue weighted by atomic mass is 16.5. The molecule has 4 rings (SSSR count). The highest BCUT2D eigenvalue weighted by Crippen LogP contribution is 2.44. The number of nitrogens with zero attached hydrogens (tertiary/aromatic N) is 3. The quantitative estimate of drug-likeness (QED) is 0.506. The molecule has 1 aliphatic carbocycles. The van der Waals surface area contributed by atoms with Crippen molar-refractivity contribution in [2.75, 3.05) is 20.2 Å². The van der Waals surface area contributed by atoms with Gasteiger partial charge < -0.3 is 20.1 Å². The minimum absolute atomic E-state index is 0.0724. The van der Waals surface area contributed by atoms with Crippen molar-refractivity contribution in [1.29, 1.82) is 0 Å². The van der Waals surface area contributed by atoms with Gasteiger partial charge in [-0.1, -0.05) is 48.5 Å². The summed E-state index contributed by atoms with van der Waals surface area (Å²) >= 11 is 0. The molecule has 0 saturated heterocycles. The van der Waals surface area contributed by atoms with Crippen molar-refractivity contribution >= 4 is 18.0 Å². The summed E-state index contributed by atoms with van der Waals surface area (Å²) < 4.78 is 7.13. The largest absolute Gasteiger partial charge is 0.481 e. The van der Waals surface area contributed by atoms with Gasteiger partial charge in [0.1, 0.15) is 12.6 Å². The van der Waals surface area contributed by atoms with E-state index >= 15 is 0 Å². The molecule has 0 aliphatic heterocycles. The number of carbonyl (C=O) groups is 3. The molecule has 0 bridgehead atoms. The van der Waals surface area contributed by atoms with Gasteiger partial charge in [-0.2, -0.15) is 5.10 Å². The molecule has 3 aromatic rings. The first kappa shape index (κ1) is 23.0. The molecule has 1 aromatic heterocycles. The number of rotatable bonds is 9. The number of benzene rings is 2. The molecule has 2 amide bonds. The van der Waals surface area contributed by atoms with Gasteiger partial charge in [0.05, 0.1) is 13.0 Å². The number of hydrogen-bond donors (Lipinski definition) is 2. The molecule has 0 spiro atoms. The Morgan fingerprint density at radius 2 is 1.74 bits per heavy atom. The lowest BCUT2D eigenvalue weighted by Gasteiger charge is -2.24. The molecule has 1 aliphatic rings. The Bertz CT molecular complexity index is 1130.